The van der Waals surface area contributed by atoms with Crippen LogP contribution in [0.2, 0.25) is 0 Å². The maximum Gasteiger partial charge on any atom is 0.163 e. The van der Waals surface area contributed by atoms with Gasteiger partial charge in [-0.15, -0.1) is 0 Å². The highest BCUT2D eigenvalue weighted by Crippen LogP contribution is 2.44. The number of hydrogen-bond donors (Lipinski definition) is 0. The molecular weight excluding hydrogens is 180 g/mol. The van der Waals surface area contributed by atoms with E-state index >= 15 is 0 Å². The molecule has 0 bridgehead atoms. The van der Waals surface area contributed by atoms with Crippen LogP contribution in [0.15, 0.2) is 0 Å². The van der Waals surface area contributed by atoms with Crippen LogP contribution in [0.5, 0.6) is 0 Å². The van der Waals surface area contributed by atoms with E-state index in [1.54, 1.807) is 0 Å². The average molecular weight is 198 g/mol. The lowest BCUT2D eigenvalue weighted by atomic mass is 9.71. The molecule has 0 aromatic carbocycles. The monoisotopic (exact) mass is 198 g/mol. The Morgan fingerprint density at radius 2 is 1.79 bits per heavy atom. The SMILES string of the molecule is O=CCC1(C2OCCO2)CCCCC1. The standard InChI is InChI=1S/C11H18O3/c12-7-6-11(4-2-1-3-5-11)10-13-8-9-14-10/h7,10H,1-6,8-9H2. The lowest BCUT2D eigenvalue weighted by molar-refractivity contribution is -0.153. The number of carbonyl (C=O) groups excluding carboxylic acids is 1. The van der Waals surface area contributed by atoms with E-state index in [-0.39, 0.29) is 11.7 Å². The van der Waals surface area contributed by atoms with E-state index in [1.165, 1.54) is 19.3 Å². The van der Waals surface area contributed by atoms with Crippen molar-refractivity contribution < 1.29 is 14.3 Å². The summed E-state index contributed by atoms with van der Waals surface area (Å²) >= 11 is 0. The Balaban J connectivity index is 2.06. The molecule has 0 aromatic rings. The van der Waals surface area contributed by atoms with Gasteiger partial charge in [-0.1, -0.05) is 19.3 Å². The summed E-state index contributed by atoms with van der Waals surface area (Å²) < 4.78 is 11.1. The molecule has 0 radical (unpaired) electrons. The molecular formula is C11H18O3. The van der Waals surface area contributed by atoms with Crippen molar-refractivity contribution in [1.29, 1.82) is 0 Å². The summed E-state index contributed by atoms with van der Waals surface area (Å²) in [5.74, 6) is 0. The molecule has 0 amide bonds. The van der Waals surface area contributed by atoms with Gasteiger partial charge in [-0.05, 0) is 12.8 Å². The first-order chi connectivity index (χ1) is 6.87. The minimum absolute atomic E-state index is 0.00347. The van der Waals surface area contributed by atoms with Crippen molar-refractivity contribution in [3.8, 4) is 0 Å². The Morgan fingerprint density at radius 3 is 2.36 bits per heavy atom. The van der Waals surface area contributed by atoms with Crippen molar-refractivity contribution in [3.63, 3.8) is 0 Å². The molecule has 2 aliphatic rings. The van der Waals surface area contributed by atoms with Crippen LogP contribution in [0.4, 0.5) is 0 Å². The highest BCUT2D eigenvalue weighted by atomic mass is 16.7. The molecule has 0 aromatic heterocycles. The molecule has 2 rings (SSSR count). The molecule has 1 saturated carbocycles. The van der Waals surface area contributed by atoms with E-state index in [9.17, 15) is 4.79 Å². The summed E-state index contributed by atoms with van der Waals surface area (Å²) in [6.07, 6.45) is 7.36. The van der Waals surface area contributed by atoms with Gasteiger partial charge in [0, 0.05) is 11.8 Å². The number of hydrogen-bond acceptors (Lipinski definition) is 3. The van der Waals surface area contributed by atoms with Gasteiger partial charge >= 0.3 is 0 Å². The molecule has 2 fully saturated rings. The van der Waals surface area contributed by atoms with Gasteiger partial charge in [-0.25, -0.2) is 0 Å². The van der Waals surface area contributed by atoms with E-state index in [2.05, 4.69) is 0 Å². The molecule has 1 aliphatic heterocycles. The van der Waals surface area contributed by atoms with Crippen molar-refractivity contribution in [2.24, 2.45) is 5.41 Å². The maximum atomic E-state index is 10.7. The van der Waals surface area contributed by atoms with E-state index in [1.807, 2.05) is 0 Å². The molecule has 0 N–H and O–H groups in total. The van der Waals surface area contributed by atoms with Gasteiger partial charge in [-0.3, -0.25) is 0 Å². The van der Waals surface area contributed by atoms with Gasteiger partial charge < -0.3 is 14.3 Å². The third kappa shape index (κ3) is 1.84. The Hall–Kier alpha value is -0.410. The zero-order chi connectivity index (χ0) is 9.86. The van der Waals surface area contributed by atoms with Crippen molar-refractivity contribution in [1.82, 2.24) is 0 Å². The zero-order valence-corrected chi connectivity index (χ0v) is 8.54. The lowest BCUT2D eigenvalue weighted by Gasteiger charge is -2.39. The molecule has 80 valence electrons. The quantitative estimate of drug-likeness (QED) is 0.650. The van der Waals surface area contributed by atoms with Crippen LogP contribution in [-0.2, 0) is 14.3 Å². The number of carbonyl (C=O) groups is 1. The number of rotatable bonds is 3. The van der Waals surface area contributed by atoms with Crippen LogP contribution in [0.25, 0.3) is 0 Å². The molecule has 14 heavy (non-hydrogen) atoms. The summed E-state index contributed by atoms with van der Waals surface area (Å²) in [4.78, 5) is 10.7. The fourth-order valence-corrected chi connectivity index (χ4v) is 2.67. The van der Waals surface area contributed by atoms with Crippen LogP contribution < -0.4 is 0 Å². The van der Waals surface area contributed by atoms with Crippen molar-refractivity contribution in [2.45, 2.75) is 44.8 Å². The fraction of sp³-hybridized carbons (Fsp3) is 0.909. The Labute approximate surface area is 84.8 Å². The number of ether oxygens (including phenoxy) is 2. The topological polar surface area (TPSA) is 35.5 Å². The van der Waals surface area contributed by atoms with E-state index in [4.69, 9.17) is 9.47 Å². The second kappa shape index (κ2) is 4.41. The Bertz CT molecular complexity index is 191. The van der Waals surface area contributed by atoms with Crippen molar-refractivity contribution in [2.75, 3.05) is 13.2 Å². The summed E-state index contributed by atoms with van der Waals surface area (Å²) in [5, 5.41) is 0. The second-order valence-corrected chi connectivity index (χ2v) is 4.37. The maximum absolute atomic E-state index is 10.7. The first-order valence-corrected chi connectivity index (χ1v) is 5.54. The molecule has 0 atom stereocenters. The largest absolute Gasteiger partial charge is 0.350 e. The fourth-order valence-electron chi connectivity index (χ4n) is 2.67. The third-order valence-electron chi connectivity index (χ3n) is 3.46. The van der Waals surface area contributed by atoms with Gasteiger partial charge in [-0.2, -0.15) is 0 Å². The van der Waals surface area contributed by atoms with Crippen molar-refractivity contribution in [3.05, 3.63) is 0 Å². The van der Waals surface area contributed by atoms with Crippen LogP contribution >= 0.6 is 0 Å². The van der Waals surface area contributed by atoms with Crippen LogP contribution in [0.3, 0.4) is 0 Å². The van der Waals surface area contributed by atoms with E-state index in [0.29, 0.717) is 19.6 Å². The smallest absolute Gasteiger partial charge is 0.163 e. The van der Waals surface area contributed by atoms with Gasteiger partial charge in [0.2, 0.25) is 0 Å². The van der Waals surface area contributed by atoms with Gasteiger partial charge in [0.25, 0.3) is 0 Å². The lowest BCUT2D eigenvalue weighted by Crippen LogP contribution is -2.38. The highest BCUT2D eigenvalue weighted by molar-refractivity contribution is 5.51. The van der Waals surface area contributed by atoms with Crippen LogP contribution in [0.1, 0.15) is 38.5 Å². The molecule has 3 heteroatoms. The van der Waals surface area contributed by atoms with Gasteiger partial charge in [0.1, 0.15) is 6.29 Å². The predicted molar refractivity (Wildman–Crippen MR) is 51.9 cm³/mol. The first kappa shape index (κ1) is 10.1. The molecule has 1 heterocycles. The second-order valence-electron chi connectivity index (χ2n) is 4.37. The third-order valence-corrected chi connectivity index (χ3v) is 3.46. The van der Waals surface area contributed by atoms with E-state index < -0.39 is 0 Å². The van der Waals surface area contributed by atoms with Gasteiger partial charge in [0.05, 0.1) is 13.2 Å². The Morgan fingerprint density at radius 1 is 1.14 bits per heavy atom. The normalized spacial score (nSPS) is 27.7. The molecule has 1 saturated heterocycles. The first-order valence-electron chi connectivity index (χ1n) is 5.54. The minimum Gasteiger partial charge on any atom is -0.350 e. The molecule has 0 spiro atoms. The summed E-state index contributed by atoms with van der Waals surface area (Å²) in [7, 11) is 0. The van der Waals surface area contributed by atoms with Crippen LogP contribution in [0, 0.1) is 5.41 Å². The molecule has 3 nitrogen and oxygen atoms in total. The summed E-state index contributed by atoms with van der Waals surface area (Å²) in [6, 6.07) is 0. The minimum atomic E-state index is -0.118. The average Bonchev–Trinajstić information content (AvgIpc) is 2.73. The highest BCUT2D eigenvalue weighted by Gasteiger charge is 2.42. The Kier molecular flexibility index (Phi) is 3.19. The summed E-state index contributed by atoms with van der Waals surface area (Å²) in [5.41, 5.74) is -0.00347. The molecule has 0 unspecified atom stereocenters. The van der Waals surface area contributed by atoms with Gasteiger partial charge in [0.15, 0.2) is 6.29 Å². The van der Waals surface area contributed by atoms with Crippen LogP contribution in [-0.4, -0.2) is 25.8 Å². The number of aldehydes is 1. The predicted octanol–water partition coefficient (Wildman–Crippen LogP) is 1.90. The molecule has 1 aliphatic carbocycles. The van der Waals surface area contributed by atoms with Crippen molar-refractivity contribution >= 4 is 6.29 Å². The van der Waals surface area contributed by atoms with E-state index in [0.717, 1.165) is 19.1 Å². The summed E-state index contributed by atoms with van der Waals surface area (Å²) in [6.45, 7) is 1.37. The zero-order valence-electron chi connectivity index (χ0n) is 8.54.